The summed E-state index contributed by atoms with van der Waals surface area (Å²) in [6, 6.07) is 4.97. The zero-order valence-electron chi connectivity index (χ0n) is 14.0. The van der Waals surface area contributed by atoms with Gasteiger partial charge >= 0.3 is 5.97 Å². The fourth-order valence-corrected chi connectivity index (χ4v) is 2.96. The molecule has 0 spiro atoms. The molecule has 1 aliphatic rings. The molecule has 2 rings (SSSR count). The van der Waals surface area contributed by atoms with E-state index in [4.69, 9.17) is 0 Å². The van der Waals surface area contributed by atoms with Crippen LogP contribution in [0.15, 0.2) is 24.3 Å². The maximum absolute atomic E-state index is 12.9. The van der Waals surface area contributed by atoms with Gasteiger partial charge in [-0.15, -0.1) is 0 Å². The van der Waals surface area contributed by atoms with Crippen LogP contribution in [0.25, 0.3) is 0 Å². The van der Waals surface area contributed by atoms with Crippen LogP contribution >= 0.6 is 0 Å². The summed E-state index contributed by atoms with van der Waals surface area (Å²) in [6.45, 7) is 0.343. The van der Waals surface area contributed by atoms with Gasteiger partial charge in [-0.25, -0.2) is 4.39 Å². The van der Waals surface area contributed by atoms with Gasteiger partial charge in [-0.05, 0) is 30.5 Å². The normalized spacial score (nSPS) is 20.7. The van der Waals surface area contributed by atoms with E-state index in [9.17, 15) is 23.9 Å². The highest BCUT2D eigenvalue weighted by Crippen LogP contribution is 2.22. The number of nitrogens with zero attached hydrogens (tertiary/aromatic N) is 1. The van der Waals surface area contributed by atoms with Crippen LogP contribution in [0.2, 0.25) is 0 Å². The van der Waals surface area contributed by atoms with Crippen LogP contribution in [-0.4, -0.2) is 54.0 Å². The number of hydrogen-bond donors (Lipinski definition) is 3. The second kappa shape index (κ2) is 8.57. The predicted molar refractivity (Wildman–Crippen MR) is 88.0 cm³/mol. The highest BCUT2D eigenvalue weighted by atomic mass is 19.1. The Hall–Kier alpha value is -2.48. The molecule has 0 aliphatic carbocycles. The van der Waals surface area contributed by atoms with Crippen molar-refractivity contribution in [3.63, 3.8) is 0 Å². The molecule has 1 aromatic rings. The molecule has 0 saturated carbocycles. The van der Waals surface area contributed by atoms with Crippen LogP contribution in [0.1, 0.15) is 18.4 Å². The summed E-state index contributed by atoms with van der Waals surface area (Å²) in [5, 5.41) is 14.6. The largest absolute Gasteiger partial charge is 0.480 e. The Morgan fingerprint density at radius 2 is 1.92 bits per heavy atom. The van der Waals surface area contributed by atoms with Crippen molar-refractivity contribution in [1.82, 2.24) is 15.5 Å². The molecule has 25 heavy (non-hydrogen) atoms. The summed E-state index contributed by atoms with van der Waals surface area (Å²) >= 11 is 0. The summed E-state index contributed by atoms with van der Waals surface area (Å²) in [5.74, 6) is -2.17. The first kappa shape index (κ1) is 18.9. The van der Waals surface area contributed by atoms with Crippen molar-refractivity contribution in [1.29, 1.82) is 0 Å². The molecular weight excluding hydrogens is 329 g/mol. The maximum atomic E-state index is 12.9. The number of piperidine rings is 1. The first-order chi connectivity index (χ1) is 11.9. The number of benzene rings is 1. The van der Waals surface area contributed by atoms with Gasteiger partial charge in [0.1, 0.15) is 11.9 Å². The molecule has 0 unspecified atom stereocenters. The molecule has 1 aromatic carbocycles. The zero-order valence-corrected chi connectivity index (χ0v) is 14.0. The molecule has 1 fully saturated rings. The molecule has 8 heteroatoms. The average Bonchev–Trinajstić information content (AvgIpc) is 2.60. The van der Waals surface area contributed by atoms with Crippen LogP contribution in [-0.2, 0) is 20.9 Å². The molecule has 0 radical (unpaired) electrons. The van der Waals surface area contributed by atoms with Crippen molar-refractivity contribution >= 4 is 17.8 Å². The van der Waals surface area contributed by atoms with Gasteiger partial charge in [0.25, 0.3) is 0 Å². The number of halogens is 1. The van der Waals surface area contributed by atoms with E-state index in [2.05, 4.69) is 10.6 Å². The second-order valence-corrected chi connectivity index (χ2v) is 6.08. The van der Waals surface area contributed by atoms with Crippen LogP contribution < -0.4 is 10.6 Å². The lowest BCUT2D eigenvalue weighted by atomic mass is 9.92. The van der Waals surface area contributed by atoms with E-state index in [0.29, 0.717) is 12.8 Å². The molecular formula is C17H22FN3O4. The molecule has 1 aliphatic heterocycles. The van der Waals surface area contributed by atoms with Crippen LogP contribution in [0.5, 0.6) is 0 Å². The van der Waals surface area contributed by atoms with Gasteiger partial charge < -0.3 is 15.7 Å². The van der Waals surface area contributed by atoms with Gasteiger partial charge in [0.15, 0.2) is 0 Å². The number of aliphatic carboxylic acids is 1. The summed E-state index contributed by atoms with van der Waals surface area (Å²) in [7, 11) is 1.53. The van der Waals surface area contributed by atoms with Gasteiger partial charge in [0.2, 0.25) is 11.8 Å². The predicted octanol–water partition coefficient (Wildman–Crippen LogP) is 0.353. The highest BCUT2D eigenvalue weighted by Gasteiger charge is 2.36. The molecule has 2 amide bonds. The fraction of sp³-hybridized carbons (Fsp3) is 0.471. The van der Waals surface area contributed by atoms with Crippen molar-refractivity contribution in [2.24, 2.45) is 5.92 Å². The molecule has 0 bridgehead atoms. The smallest absolute Gasteiger partial charge is 0.320 e. The molecule has 7 nitrogen and oxygen atoms in total. The lowest BCUT2D eigenvalue weighted by Gasteiger charge is -2.36. The Balaban J connectivity index is 1.93. The van der Waals surface area contributed by atoms with E-state index < -0.39 is 12.0 Å². The van der Waals surface area contributed by atoms with Crippen LogP contribution in [0, 0.1) is 11.7 Å². The lowest BCUT2D eigenvalue weighted by Crippen LogP contribution is -2.53. The van der Waals surface area contributed by atoms with Crippen molar-refractivity contribution in [2.45, 2.75) is 25.4 Å². The molecule has 3 N–H and O–H groups in total. The monoisotopic (exact) mass is 351 g/mol. The van der Waals surface area contributed by atoms with Crippen molar-refractivity contribution in [3.8, 4) is 0 Å². The standard InChI is InChI=1S/C17H22FN3O4/c1-19-16(23)12-4-7-14(17(24)25)21(9-12)10-15(22)20-8-11-2-5-13(18)6-3-11/h2-3,5-6,12,14H,4,7-10H2,1H3,(H,19,23)(H,20,22)(H,24,25)/t12-,14-/m0/s1. The Morgan fingerprint density at radius 1 is 1.24 bits per heavy atom. The average molecular weight is 351 g/mol. The Labute approximate surface area is 145 Å². The second-order valence-electron chi connectivity index (χ2n) is 6.08. The summed E-state index contributed by atoms with van der Waals surface area (Å²) in [6.07, 6.45) is 0.795. The third-order valence-electron chi connectivity index (χ3n) is 4.34. The minimum Gasteiger partial charge on any atom is -0.480 e. The molecule has 0 aromatic heterocycles. The van der Waals surface area contributed by atoms with E-state index in [0.717, 1.165) is 5.56 Å². The minimum absolute atomic E-state index is 0.106. The van der Waals surface area contributed by atoms with E-state index in [1.165, 1.54) is 24.1 Å². The fourth-order valence-electron chi connectivity index (χ4n) is 2.96. The first-order valence-electron chi connectivity index (χ1n) is 8.10. The number of hydrogen-bond acceptors (Lipinski definition) is 4. The van der Waals surface area contributed by atoms with E-state index in [1.807, 2.05) is 0 Å². The third-order valence-corrected chi connectivity index (χ3v) is 4.34. The summed E-state index contributed by atoms with van der Waals surface area (Å²) in [5.41, 5.74) is 0.742. The molecule has 2 atom stereocenters. The number of amides is 2. The van der Waals surface area contributed by atoms with E-state index >= 15 is 0 Å². The molecule has 136 valence electrons. The number of nitrogens with one attached hydrogen (secondary N) is 2. The number of carbonyl (C=O) groups excluding carboxylic acids is 2. The minimum atomic E-state index is -0.998. The quantitative estimate of drug-likeness (QED) is 0.687. The van der Waals surface area contributed by atoms with Crippen molar-refractivity contribution in [3.05, 3.63) is 35.6 Å². The number of carboxylic acid groups (broad SMARTS) is 1. The third kappa shape index (κ3) is 5.25. The zero-order chi connectivity index (χ0) is 18.4. The van der Waals surface area contributed by atoms with Gasteiger partial charge in [0.05, 0.1) is 12.5 Å². The van der Waals surface area contributed by atoms with Gasteiger partial charge in [-0.1, -0.05) is 12.1 Å². The molecule has 1 saturated heterocycles. The Kier molecular flexibility index (Phi) is 6.46. The highest BCUT2D eigenvalue weighted by molar-refractivity contribution is 5.82. The van der Waals surface area contributed by atoms with Crippen LogP contribution in [0.4, 0.5) is 4.39 Å². The van der Waals surface area contributed by atoms with Gasteiger partial charge in [0, 0.05) is 20.1 Å². The first-order valence-corrected chi connectivity index (χ1v) is 8.10. The van der Waals surface area contributed by atoms with Crippen LogP contribution in [0.3, 0.4) is 0 Å². The number of carbonyl (C=O) groups is 3. The van der Waals surface area contributed by atoms with Gasteiger partial charge in [-0.3, -0.25) is 19.3 Å². The maximum Gasteiger partial charge on any atom is 0.320 e. The van der Waals surface area contributed by atoms with Crippen molar-refractivity contribution in [2.75, 3.05) is 20.1 Å². The van der Waals surface area contributed by atoms with Crippen molar-refractivity contribution < 1.29 is 23.9 Å². The Morgan fingerprint density at radius 3 is 2.52 bits per heavy atom. The summed E-state index contributed by atoms with van der Waals surface area (Å²) in [4.78, 5) is 36.9. The van der Waals surface area contributed by atoms with Gasteiger partial charge in [-0.2, -0.15) is 0 Å². The number of carboxylic acids is 1. The molecule has 1 heterocycles. The number of rotatable bonds is 6. The topological polar surface area (TPSA) is 98.7 Å². The Bertz CT molecular complexity index is 635. The number of likely N-dealkylation sites (tertiary alicyclic amines) is 1. The SMILES string of the molecule is CNC(=O)[C@H]1CC[C@@H](C(=O)O)N(CC(=O)NCc2ccc(F)cc2)C1. The van der Waals surface area contributed by atoms with E-state index in [1.54, 1.807) is 12.1 Å². The summed E-state index contributed by atoms with van der Waals surface area (Å²) < 4.78 is 12.9. The lowest BCUT2D eigenvalue weighted by molar-refractivity contribution is -0.147. The van der Waals surface area contributed by atoms with E-state index in [-0.39, 0.29) is 43.2 Å².